The summed E-state index contributed by atoms with van der Waals surface area (Å²) in [7, 11) is 0. The van der Waals surface area contributed by atoms with Gasteiger partial charge in [-0.2, -0.15) is 0 Å². The summed E-state index contributed by atoms with van der Waals surface area (Å²) in [6.45, 7) is 1.35. The van der Waals surface area contributed by atoms with Crippen LogP contribution < -0.4 is 0 Å². The molecular formula is C6H6O4S. The minimum Gasteiger partial charge on any atom is -0.392 e. The summed E-state index contributed by atoms with van der Waals surface area (Å²) in [5.74, 6) is -1.15. The molecule has 4 nitrogen and oxygen atoms in total. The molecule has 1 fully saturated rings. The van der Waals surface area contributed by atoms with Gasteiger partial charge in [-0.3, -0.25) is 14.4 Å². The zero-order valence-electron chi connectivity index (χ0n) is 5.83. The smallest absolute Gasteiger partial charge is 0.327 e. The summed E-state index contributed by atoms with van der Waals surface area (Å²) in [6.07, 6.45) is 0.0169. The number of cyclic esters (lactones) is 2. The predicted octanol–water partition coefficient (Wildman–Crippen LogP) is 0.108. The van der Waals surface area contributed by atoms with Crippen molar-refractivity contribution in [3.63, 3.8) is 0 Å². The van der Waals surface area contributed by atoms with Crippen molar-refractivity contribution in [2.75, 3.05) is 0 Å². The Kier molecular flexibility index (Phi) is 2.28. The number of carbonyl (C=O) groups is 3. The fraction of sp³-hybridized carbons (Fsp3) is 0.500. The summed E-state index contributed by atoms with van der Waals surface area (Å²) in [5.41, 5.74) is 0. The van der Waals surface area contributed by atoms with E-state index in [9.17, 15) is 14.4 Å². The SMILES string of the molecule is CC(=O)SC1CC(=O)OC1=O. The molecule has 0 aromatic rings. The Hall–Kier alpha value is -0.840. The zero-order chi connectivity index (χ0) is 8.43. The fourth-order valence-electron chi connectivity index (χ4n) is 0.744. The Balaban J connectivity index is 2.53. The first-order valence-corrected chi connectivity index (χ1v) is 3.89. The highest BCUT2D eigenvalue weighted by Gasteiger charge is 2.34. The van der Waals surface area contributed by atoms with E-state index in [-0.39, 0.29) is 11.5 Å². The zero-order valence-corrected chi connectivity index (χ0v) is 6.64. The summed E-state index contributed by atoms with van der Waals surface area (Å²) in [6, 6.07) is 0. The number of carbonyl (C=O) groups excluding carboxylic acids is 3. The molecule has 1 atom stereocenters. The van der Waals surface area contributed by atoms with Crippen molar-refractivity contribution >= 4 is 28.8 Å². The molecule has 1 saturated heterocycles. The predicted molar refractivity (Wildman–Crippen MR) is 37.8 cm³/mol. The Morgan fingerprint density at radius 1 is 1.64 bits per heavy atom. The van der Waals surface area contributed by atoms with E-state index < -0.39 is 17.2 Å². The maximum absolute atomic E-state index is 10.7. The second kappa shape index (κ2) is 3.04. The highest BCUT2D eigenvalue weighted by molar-refractivity contribution is 8.14. The largest absolute Gasteiger partial charge is 0.392 e. The first kappa shape index (κ1) is 8.26. The average molecular weight is 174 g/mol. The van der Waals surface area contributed by atoms with Crippen LogP contribution in [0.25, 0.3) is 0 Å². The molecule has 0 radical (unpaired) electrons. The van der Waals surface area contributed by atoms with Crippen LogP contribution in [0.15, 0.2) is 0 Å². The molecule has 0 saturated carbocycles. The number of hydrogen-bond acceptors (Lipinski definition) is 5. The van der Waals surface area contributed by atoms with Gasteiger partial charge in [0.15, 0.2) is 5.12 Å². The topological polar surface area (TPSA) is 60.4 Å². The van der Waals surface area contributed by atoms with E-state index in [1.165, 1.54) is 6.92 Å². The van der Waals surface area contributed by atoms with Crippen LogP contribution in [0.2, 0.25) is 0 Å². The number of ether oxygens (including phenoxy) is 1. The van der Waals surface area contributed by atoms with Crippen LogP contribution in [0.3, 0.4) is 0 Å². The van der Waals surface area contributed by atoms with Crippen molar-refractivity contribution in [1.29, 1.82) is 0 Å². The van der Waals surface area contributed by atoms with Crippen LogP contribution in [0.4, 0.5) is 0 Å². The molecule has 0 aromatic heterocycles. The highest BCUT2D eigenvalue weighted by Crippen LogP contribution is 2.22. The third-order valence-corrected chi connectivity index (χ3v) is 2.11. The molecule has 0 spiro atoms. The summed E-state index contributed by atoms with van der Waals surface area (Å²) < 4.78 is 4.22. The second-order valence-corrected chi connectivity index (χ2v) is 3.47. The van der Waals surface area contributed by atoms with Gasteiger partial charge in [-0.15, -0.1) is 0 Å². The summed E-state index contributed by atoms with van der Waals surface area (Å²) >= 11 is 0.840. The van der Waals surface area contributed by atoms with Gasteiger partial charge in [-0.25, -0.2) is 0 Å². The number of esters is 2. The molecule has 0 aliphatic carbocycles. The van der Waals surface area contributed by atoms with Crippen LogP contribution in [0.1, 0.15) is 13.3 Å². The molecule has 1 unspecified atom stereocenters. The minimum atomic E-state index is -0.611. The van der Waals surface area contributed by atoms with Crippen molar-refractivity contribution in [3.05, 3.63) is 0 Å². The molecule has 60 valence electrons. The van der Waals surface area contributed by atoms with Crippen LogP contribution in [0.5, 0.6) is 0 Å². The van der Waals surface area contributed by atoms with Crippen LogP contribution >= 0.6 is 11.8 Å². The van der Waals surface area contributed by atoms with Crippen molar-refractivity contribution in [1.82, 2.24) is 0 Å². The van der Waals surface area contributed by atoms with E-state index in [2.05, 4.69) is 4.74 Å². The second-order valence-electron chi connectivity index (χ2n) is 2.10. The minimum absolute atomic E-state index is 0.0169. The molecule has 0 amide bonds. The van der Waals surface area contributed by atoms with E-state index in [4.69, 9.17) is 0 Å². The van der Waals surface area contributed by atoms with E-state index in [0.29, 0.717) is 0 Å². The Labute approximate surface area is 67.3 Å². The quantitative estimate of drug-likeness (QED) is 0.417. The molecular weight excluding hydrogens is 168 g/mol. The third kappa shape index (κ3) is 2.04. The molecule has 1 heterocycles. The van der Waals surface area contributed by atoms with Crippen molar-refractivity contribution in [2.24, 2.45) is 0 Å². The molecule has 1 rings (SSSR count). The lowest BCUT2D eigenvalue weighted by molar-refractivity contribution is -0.151. The van der Waals surface area contributed by atoms with E-state index in [1.54, 1.807) is 0 Å². The first-order chi connectivity index (χ1) is 5.09. The molecule has 0 aromatic carbocycles. The molecule has 1 aliphatic heterocycles. The molecule has 0 bridgehead atoms. The monoisotopic (exact) mass is 174 g/mol. The van der Waals surface area contributed by atoms with Crippen LogP contribution in [0, 0.1) is 0 Å². The number of hydrogen-bond donors (Lipinski definition) is 0. The Morgan fingerprint density at radius 2 is 2.27 bits per heavy atom. The average Bonchev–Trinajstić information content (AvgIpc) is 2.09. The Morgan fingerprint density at radius 3 is 2.64 bits per heavy atom. The van der Waals surface area contributed by atoms with Gasteiger partial charge >= 0.3 is 11.9 Å². The van der Waals surface area contributed by atoms with Crippen molar-refractivity contribution < 1.29 is 19.1 Å². The van der Waals surface area contributed by atoms with Gasteiger partial charge in [0.05, 0.1) is 6.42 Å². The molecule has 0 N–H and O–H groups in total. The first-order valence-electron chi connectivity index (χ1n) is 3.01. The van der Waals surface area contributed by atoms with Gasteiger partial charge in [0.1, 0.15) is 5.25 Å². The maximum atomic E-state index is 10.7. The van der Waals surface area contributed by atoms with Crippen LogP contribution in [-0.2, 0) is 19.1 Å². The standard InChI is InChI=1S/C6H6O4S/c1-3(7)11-4-2-5(8)10-6(4)9/h4H,2H2,1H3. The molecule has 11 heavy (non-hydrogen) atoms. The summed E-state index contributed by atoms with van der Waals surface area (Å²) in [4.78, 5) is 31.7. The Bertz CT molecular complexity index is 223. The van der Waals surface area contributed by atoms with Gasteiger partial charge in [-0.1, -0.05) is 11.8 Å². The van der Waals surface area contributed by atoms with Gasteiger partial charge in [0, 0.05) is 6.92 Å². The fourth-order valence-corrected chi connectivity index (χ4v) is 1.51. The van der Waals surface area contributed by atoms with Gasteiger partial charge in [0.25, 0.3) is 0 Å². The molecule has 1 aliphatic rings. The van der Waals surface area contributed by atoms with Gasteiger partial charge in [-0.05, 0) is 0 Å². The van der Waals surface area contributed by atoms with E-state index >= 15 is 0 Å². The molecule has 5 heteroatoms. The van der Waals surface area contributed by atoms with Gasteiger partial charge < -0.3 is 4.74 Å². The van der Waals surface area contributed by atoms with Crippen molar-refractivity contribution in [3.8, 4) is 0 Å². The normalized spacial score (nSPS) is 23.5. The van der Waals surface area contributed by atoms with Crippen molar-refractivity contribution in [2.45, 2.75) is 18.6 Å². The number of thioether (sulfide) groups is 1. The highest BCUT2D eigenvalue weighted by atomic mass is 32.2. The number of rotatable bonds is 1. The van der Waals surface area contributed by atoms with E-state index in [0.717, 1.165) is 11.8 Å². The lowest BCUT2D eigenvalue weighted by Gasteiger charge is -1.97. The lowest BCUT2D eigenvalue weighted by atomic mass is 10.4. The summed E-state index contributed by atoms with van der Waals surface area (Å²) in [5, 5.41) is -0.790. The van der Waals surface area contributed by atoms with E-state index in [1.807, 2.05) is 0 Å². The maximum Gasteiger partial charge on any atom is 0.327 e. The lowest BCUT2D eigenvalue weighted by Crippen LogP contribution is -2.11. The third-order valence-electron chi connectivity index (χ3n) is 1.14. The van der Waals surface area contributed by atoms with Crippen LogP contribution in [-0.4, -0.2) is 22.3 Å². The van der Waals surface area contributed by atoms with Gasteiger partial charge in [0.2, 0.25) is 0 Å².